The van der Waals surface area contributed by atoms with Crippen molar-refractivity contribution in [1.82, 2.24) is 9.88 Å². The van der Waals surface area contributed by atoms with Crippen LogP contribution in [0.4, 0.5) is 0 Å². The zero-order chi connectivity index (χ0) is 17.2. The quantitative estimate of drug-likeness (QED) is 0.838. The summed E-state index contributed by atoms with van der Waals surface area (Å²) in [5.41, 5.74) is 5.36. The van der Waals surface area contributed by atoms with E-state index in [0.717, 1.165) is 52.1 Å². The van der Waals surface area contributed by atoms with Gasteiger partial charge in [-0.2, -0.15) is 0 Å². The molecule has 3 aliphatic rings. The lowest BCUT2D eigenvalue weighted by atomic mass is 9.83. The van der Waals surface area contributed by atoms with Crippen LogP contribution in [0.15, 0.2) is 41.5 Å². The summed E-state index contributed by atoms with van der Waals surface area (Å²) in [6, 6.07) is 7.37. The minimum atomic E-state index is -0.905. The van der Waals surface area contributed by atoms with Crippen molar-refractivity contribution in [2.45, 2.75) is 25.5 Å². The van der Waals surface area contributed by atoms with Crippen molar-refractivity contribution in [3.8, 4) is 5.75 Å². The Hall–Kier alpha value is -2.37. The Kier molecular flexibility index (Phi) is 3.03. The fourth-order valence-electron chi connectivity index (χ4n) is 4.15. The molecule has 3 aliphatic heterocycles. The Labute approximate surface area is 145 Å². The van der Waals surface area contributed by atoms with Crippen LogP contribution in [-0.2, 0) is 11.3 Å². The van der Waals surface area contributed by atoms with E-state index in [-0.39, 0.29) is 5.75 Å². The van der Waals surface area contributed by atoms with Crippen molar-refractivity contribution in [2.24, 2.45) is 0 Å². The second kappa shape index (κ2) is 5.07. The monoisotopic (exact) mass is 336 g/mol. The topological polar surface area (TPSA) is 65.8 Å². The van der Waals surface area contributed by atoms with Crippen LogP contribution in [0.2, 0.25) is 0 Å². The Morgan fingerprint density at radius 2 is 2.16 bits per heavy atom. The van der Waals surface area contributed by atoms with Gasteiger partial charge in [0.2, 0.25) is 0 Å². The smallest absolute Gasteiger partial charge is 0.116 e. The highest BCUT2D eigenvalue weighted by Crippen LogP contribution is 2.42. The third-order valence-corrected chi connectivity index (χ3v) is 5.57. The van der Waals surface area contributed by atoms with E-state index < -0.39 is 5.60 Å². The third kappa shape index (κ3) is 2.12. The lowest BCUT2D eigenvalue weighted by molar-refractivity contribution is -0.0311. The summed E-state index contributed by atoms with van der Waals surface area (Å²) in [6.45, 7) is 4.48. The first-order valence-corrected chi connectivity index (χ1v) is 8.70. The van der Waals surface area contributed by atoms with Gasteiger partial charge in [-0.05, 0) is 53.5 Å². The molecule has 2 N–H and O–H groups in total. The van der Waals surface area contributed by atoms with E-state index >= 15 is 0 Å². The number of rotatable bonds is 1. The van der Waals surface area contributed by atoms with Crippen LogP contribution in [0.1, 0.15) is 24.6 Å². The zero-order valence-electron chi connectivity index (χ0n) is 14.1. The summed E-state index contributed by atoms with van der Waals surface area (Å²) in [6.07, 6.45) is 2.74. The fraction of sp³-hybridized carbons (Fsp3) is 0.350. The number of aliphatic hydroxyl groups is 1. The predicted molar refractivity (Wildman–Crippen MR) is 94.9 cm³/mol. The minimum Gasteiger partial charge on any atom is -0.508 e. The van der Waals surface area contributed by atoms with Gasteiger partial charge in [0.05, 0.1) is 30.1 Å². The number of aromatic hydroxyl groups is 1. The molecule has 1 aromatic heterocycles. The number of phenolic OH excluding ortho intramolecular Hbond substituents is 1. The number of phenols is 1. The fourth-order valence-corrected chi connectivity index (χ4v) is 4.15. The van der Waals surface area contributed by atoms with Crippen LogP contribution in [0.25, 0.3) is 16.6 Å². The largest absolute Gasteiger partial charge is 0.508 e. The molecule has 0 saturated heterocycles. The zero-order valence-corrected chi connectivity index (χ0v) is 14.1. The van der Waals surface area contributed by atoms with Crippen LogP contribution in [0.3, 0.4) is 0 Å². The van der Waals surface area contributed by atoms with Crippen molar-refractivity contribution >= 4 is 16.6 Å². The van der Waals surface area contributed by atoms with E-state index in [4.69, 9.17) is 9.72 Å². The maximum atomic E-state index is 11.0. The maximum absolute atomic E-state index is 11.0. The van der Waals surface area contributed by atoms with Gasteiger partial charge in [0.25, 0.3) is 0 Å². The highest BCUT2D eigenvalue weighted by molar-refractivity contribution is 5.85. The summed E-state index contributed by atoms with van der Waals surface area (Å²) >= 11 is 0. The highest BCUT2D eigenvalue weighted by atomic mass is 16.5. The molecule has 0 fully saturated rings. The molecule has 0 amide bonds. The predicted octanol–water partition coefficient (Wildman–Crippen LogP) is 2.58. The molecule has 128 valence electrons. The highest BCUT2D eigenvalue weighted by Gasteiger charge is 2.40. The van der Waals surface area contributed by atoms with E-state index in [1.807, 2.05) is 13.0 Å². The summed E-state index contributed by atoms with van der Waals surface area (Å²) in [7, 11) is 0. The molecule has 5 heteroatoms. The summed E-state index contributed by atoms with van der Waals surface area (Å²) < 4.78 is 5.64. The SMILES string of the molecule is CC[C@@]1(O)COCC2=C1C=C1c3nc4ccc(O)cc4cc3CN1C2. The van der Waals surface area contributed by atoms with Gasteiger partial charge in [-0.3, -0.25) is 0 Å². The second-order valence-corrected chi connectivity index (χ2v) is 7.15. The first-order valence-electron chi connectivity index (χ1n) is 8.70. The van der Waals surface area contributed by atoms with Crippen molar-refractivity contribution in [2.75, 3.05) is 19.8 Å². The lowest BCUT2D eigenvalue weighted by Gasteiger charge is -2.39. The molecule has 5 rings (SSSR count). The molecular weight excluding hydrogens is 316 g/mol. The molecule has 0 saturated carbocycles. The number of ether oxygens (including phenoxy) is 1. The number of hydrogen-bond donors (Lipinski definition) is 2. The molecule has 25 heavy (non-hydrogen) atoms. The van der Waals surface area contributed by atoms with Crippen LogP contribution < -0.4 is 0 Å². The number of aromatic nitrogens is 1. The number of fused-ring (bicyclic) bond motifs is 4. The molecular formula is C20H20N2O3. The Morgan fingerprint density at radius 1 is 1.28 bits per heavy atom. The van der Waals surface area contributed by atoms with Crippen LogP contribution in [0.5, 0.6) is 5.75 Å². The van der Waals surface area contributed by atoms with Crippen molar-refractivity contribution in [3.63, 3.8) is 0 Å². The molecule has 5 nitrogen and oxygen atoms in total. The van der Waals surface area contributed by atoms with Crippen molar-refractivity contribution in [3.05, 3.63) is 52.7 Å². The average molecular weight is 336 g/mol. The number of hydrogen-bond acceptors (Lipinski definition) is 5. The third-order valence-electron chi connectivity index (χ3n) is 5.57. The van der Waals surface area contributed by atoms with Gasteiger partial charge in [0, 0.05) is 18.5 Å². The van der Waals surface area contributed by atoms with E-state index in [1.165, 1.54) is 0 Å². The average Bonchev–Trinajstić information content (AvgIpc) is 2.95. The molecule has 0 spiro atoms. The van der Waals surface area contributed by atoms with E-state index in [2.05, 4.69) is 17.0 Å². The van der Waals surface area contributed by atoms with Gasteiger partial charge in [-0.15, -0.1) is 0 Å². The van der Waals surface area contributed by atoms with E-state index in [1.54, 1.807) is 12.1 Å². The van der Waals surface area contributed by atoms with E-state index in [9.17, 15) is 10.2 Å². The van der Waals surface area contributed by atoms with Gasteiger partial charge >= 0.3 is 0 Å². The Morgan fingerprint density at radius 3 is 3.00 bits per heavy atom. The summed E-state index contributed by atoms with van der Waals surface area (Å²) in [5.74, 6) is 0.256. The van der Waals surface area contributed by atoms with Gasteiger partial charge in [-0.1, -0.05) is 6.92 Å². The molecule has 1 aromatic carbocycles. The van der Waals surface area contributed by atoms with Crippen molar-refractivity contribution < 1.29 is 14.9 Å². The molecule has 0 unspecified atom stereocenters. The molecule has 0 aliphatic carbocycles. The lowest BCUT2D eigenvalue weighted by Crippen LogP contribution is -2.43. The standard InChI is InChI=1S/C20H20N2O3/c1-2-20(24)11-25-10-14-9-22-8-13-5-12-6-15(23)3-4-17(12)21-19(13)18(22)7-16(14)20/h3-7,23-24H,2,8-11H2,1H3/t20-/m1/s1. The Bertz CT molecular complexity index is 963. The summed E-state index contributed by atoms with van der Waals surface area (Å²) in [4.78, 5) is 7.13. The molecule has 0 bridgehead atoms. The Balaban J connectivity index is 1.66. The number of pyridine rings is 1. The first kappa shape index (κ1) is 14.9. The van der Waals surface area contributed by atoms with Crippen LogP contribution in [0, 0.1) is 0 Å². The molecule has 2 aromatic rings. The first-order chi connectivity index (χ1) is 12.1. The minimum absolute atomic E-state index is 0.256. The van der Waals surface area contributed by atoms with Crippen molar-refractivity contribution in [1.29, 1.82) is 0 Å². The number of benzene rings is 1. The molecule has 1 atom stereocenters. The van der Waals surface area contributed by atoms with Gasteiger partial charge in [0.1, 0.15) is 11.4 Å². The maximum Gasteiger partial charge on any atom is 0.116 e. The second-order valence-electron chi connectivity index (χ2n) is 7.15. The van der Waals surface area contributed by atoms with Gasteiger partial charge < -0.3 is 19.8 Å². The van der Waals surface area contributed by atoms with Crippen LogP contribution in [-0.4, -0.2) is 45.5 Å². The normalized spacial score (nSPS) is 24.9. The molecule has 0 radical (unpaired) electrons. The number of nitrogens with zero attached hydrogens (tertiary/aromatic N) is 2. The van der Waals surface area contributed by atoms with Gasteiger partial charge in [0.15, 0.2) is 0 Å². The summed E-state index contributed by atoms with van der Waals surface area (Å²) in [5, 5.41) is 21.6. The van der Waals surface area contributed by atoms with Gasteiger partial charge in [-0.25, -0.2) is 4.98 Å². The van der Waals surface area contributed by atoms with E-state index in [0.29, 0.717) is 19.6 Å². The molecule has 4 heterocycles. The van der Waals surface area contributed by atoms with Crippen LogP contribution >= 0.6 is 0 Å².